The van der Waals surface area contributed by atoms with Crippen LogP contribution in [0.25, 0.3) is 0 Å². The van der Waals surface area contributed by atoms with Gasteiger partial charge in [-0.05, 0) is 63.0 Å². The van der Waals surface area contributed by atoms with Gasteiger partial charge in [-0.2, -0.15) is 0 Å². The van der Waals surface area contributed by atoms with E-state index in [1.807, 2.05) is 59.7 Å². The average molecular weight is 567 g/mol. The number of likely N-dealkylation sites (tertiary alicyclic amines) is 1. The molecule has 7 atom stereocenters. The zero-order chi connectivity index (χ0) is 30.3. The summed E-state index contributed by atoms with van der Waals surface area (Å²) in [5, 5.41) is 10.6. The van der Waals surface area contributed by atoms with Crippen molar-refractivity contribution in [1.82, 2.24) is 4.90 Å². The zero-order valence-electron chi connectivity index (χ0n) is 25.4. The van der Waals surface area contributed by atoms with E-state index in [1.165, 1.54) is 0 Å². The summed E-state index contributed by atoms with van der Waals surface area (Å²) in [4.78, 5) is 46.3. The van der Waals surface area contributed by atoms with Gasteiger partial charge in [-0.25, -0.2) is 0 Å². The molecule has 3 aliphatic rings. The van der Waals surface area contributed by atoms with Crippen molar-refractivity contribution in [3.8, 4) is 0 Å². The predicted molar refractivity (Wildman–Crippen MR) is 158 cm³/mol. The van der Waals surface area contributed by atoms with Gasteiger partial charge in [0.05, 0.1) is 30.8 Å². The molecule has 8 heteroatoms. The minimum absolute atomic E-state index is 0.107. The Balaban J connectivity index is 1.89. The van der Waals surface area contributed by atoms with Crippen molar-refractivity contribution in [1.29, 1.82) is 0 Å². The van der Waals surface area contributed by atoms with Crippen LogP contribution in [-0.4, -0.2) is 70.8 Å². The average Bonchev–Trinajstić information content (AvgIpc) is 3.42. The normalized spacial score (nSPS) is 30.8. The Bertz CT molecular complexity index is 1190. The molecule has 0 aliphatic carbocycles. The third-order valence-corrected chi connectivity index (χ3v) is 9.44. The summed E-state index contributed by atoms with van der Waals surface area (Å²) in [6, 6.07) is 4.22. The second-order valence-corrected chi connectivity index (χ2v) is 12.6. The number of rotatable bonds is 12. The second kappa shape index (κ2) is 11.7. The molecule has 3 heterocycles. The lowest BCUT2D eigenvalue weighted by molar-refractivity contribution is -0.162. The number of amides is 2. The maximum Gasteiger partial charge on any atom is 0.312 e. The molecule has 2 bridgehead atoms. The summed E-state index contributed by atoms with van der Waals surface area (Å²) >= 11 is 0. The van der Waals surface area contributed by atoms with Crippen molar-refractivity contribution in [3.63, 3.8) is 0 Å². The van der Waals surface area contributed by atoms with Crippen molar-refractivity contribution in [2.75, 3.05) is 24.7 Å². The van der Waals surface area contributed by atoms with Crippen molar-refractivity contribution in [2.24, 2.45) is 23.7 Å². The lowest BCUT2D eigenvalue weighted by Crippen LogP contribution is -2.59. The first-order chi connectivity index (χ1) is 19.4. The first-order valence-electron chi connectivity index (χ1n) is 14.8. The minimum atomic E-state index is -1.23. The number of anilines is 1. The first kappa shape index (κ1) is 31.0. The highest BCUT2D eigenvalue weighted by atomic mass is 16.6. The highest BCUT2D eigenvalue weighted by Crippen LogP contribution is 2.66. The number of esters is 1. The molecule has 0 radical (unpaired) electrons. The van der Waals surface area contributed by atoms with Gasteiger partial charge in [-0.3, -0.25) is 14.4 Å². The largest absolute Gasteiger partial charge is 0.465 e. The summed E-state index contributed by atoms with van der Waals surface area (Å²) in [5.74, 6) is -2.82. The number of aryl methyl sites for hydroxylation is 2. The number of para-hydroxylation sites is 1. The number of carbonyl (C=O) groups is 3. The lowest BCUT2D eigenvalue weighted by Gasteiger charge is -2.40. The van der Waals surface area contributed by atoms with Crippen LogP contribution in [-0.2, 0) is 23.9 Å². The topological polar surface area (TPSA) is 96.4 Å². The van der Waals surface area contributed by atoms with Gasteiger partial charge < -0.3 is 24.4 Å². The van der Waals surface area contributed by atoms with Crippen LogP contribution in [0.4, 0.5) is 5.69 Å². The van der Waals surface area contributed by atoms with E-state index < -0.39 is 41.1 Å². The SMILES string of the molecule is C=CCCOC(=O)[C@@H]1[C@H]2C(=O)N([C@@H](CO)CC(C)C)C(C(=O)N(CC=C)c3c(C)cccc3C)C23CC(C)[C@@]1(C)O3. The fourth-order valence-electron chi connectivity index (χ4n) is 7.66. The van der Waals surface area contributed by atoms with Gasteiger partial charge in [0, 0.05) is 12.2 Å². The number of hydrogen-bond donors (Lipinski definition) is 1. The maximum atomic E-state index is 14.9. The van der Waals surface area contributed by atoms with Gasteiger partial charge in [0.2, 0.25) is 5.91 Å². The van der Waals surface area contributed by atoms with Crippen molar-refractivity contribution < 1.29 is 29.0 Å². The molecule has 1 spiro atoms. The molecule has 3 saturated heterocycles. The monoisotopic (exact) mass is 566 g/mol. The molecule has 3 fully saturated rings. The molecule has 1 aromatic rings. The van der Waals surface area contributed by atoms with Gasteiger partial charge >= 0.3 is 5.97 Å². The summed E-state index contributed by atoms with van der Waals surface area (Å²) in [6.45, 7) is 19.5. The summed E-state index contributed by atoms with van der Waals surface area (Å²) in [7, 11) is 0. The highest BCUT2D eigenvalue weighted by molar-refractivity contribution is 6.05. The van der Waals surface area contributed by atoms with Crippen molar-refractivity contribution in [2.45, 2.75) is 84.1 Å². The molecule has 41 heavy (non-hydrogen) atoms. The Morgan fingerprint density at radius 3 is 2.46 bits per heavy atom. The van der Waals surface area contributed by atoms with Crippen LogP contribution in [0, 0.1) is 37.5 Å². The molecule has 3 unspecified atom stereocenters. The fraction of sp³-hybridized carbons (Fsp3) is 0.606. The van der Waals surface area contributed by atoms with E-state index in [4.69, 9.17) is 9.47 Å². The molecule has 1 N–H and O–H groups in total. The van der Waals surface area contributed by atoms with E-state index in [1.54, 1.807) is 22.0 Å². The Kier molecular flexibility index (Phi) is 8.86. The van der Waals surface area contributed by atoms with Crippen LogP contribution in [0.2, 0.25) is 0 Å². The molecular weight excluding hydrogens is 520 g/mol. The Hall–Kier alpha value is -2.97. The number of aliphatic hydroxyl groups is 1. The van der Waals surface area contributed by atoms with Gasteiger partial charge in [0.25, 0.3) is 5.91 Å². The maximum absolute atomic E-state index is 14.9. The molecule has 0 saturated carbocycles. The third-order valence-electron chi connectivity index (χ3n) is 9.44. The summed E-state index contributed by atoms with van der Waals surface area (Å²) in [5.41, 5.74) is 0.412. The molecule has 3 aliphatic heterocycles. The fourth-order valence-corrected chi connectivity index (χ4v) is 7.66. The van der Waals surface area contributed by atoms with E-state index in [9.17, 15) is 19.5 Å². The van der Waals surface area contributed by atoms with Crippen LogP contribution >= 0.6 is 0 Å². The van der Waals surface area contributed by atoms with Crippen LogP contribution in [0.1, 0.15) is 58.1 Å². The number of fused-ring (bicyclic) bond motifs is 1. The Morgan fingerprint density at radius 1 is 1.24 bits per heavy atom. The smallest absolute Gasteiger partial charge is 0.312 e. The second-order valence-electron chi connectivity index (χ2n) is 12.6. The highest BCUT2D eigenvalue weighted by Gasteiger charge is 2.80. The van der Waals surface area contributed by atoms with E-state index in [0.717, 1.165) is 16.8 Å². The zero-order valence-corrected chi connectivity index (χ0v) is 25.4. The molecule has 224 valence electrons. The summed E-state index contributed by atoms with van der Waals surface area (Å²) in [6.07, 6.45) is 4.79. The van der Waals surface area contributed by atoms with Crippen molar-refractivity contribution in [3.05, 3.63) is 54.6 Å². The van der Waals surface area contributed by atoms with E-state index in [0.29, 0.717) is 19.3 Å². The molecule has 8 nitrogen and oxygen atoms in total. The summed E-state index contributed by atoms with van der Waals surface area (Å²) < 4.78 is 12.5. The van der Waals surface area contributed by atoms with E-state index >= 15 is 0 Å². The number of benzene rings is 1. The van der Waals surface area contributed by atoms with Crippen LogP contribution in [0.5, 0.6) is 0 Å². The third kappa shape index (κ3) is 4.93. The number of ether oxygens (including phenoxy) is 2. The molecule has 1 aromatic carbocycles. The lowest BCUT2D eigenvalue weighted by atomic mass is 9.62. The first-order valence-corrected chi connectivity index (χ1v) is 14.8. The van der Waals surface area contributed by atoms with E-state index in [2.05, 4.69) is 13.2 Å². The molecule has 2 amide bonds. The van der Waals surface area contributed by atoms with Gasteiger partial charge in [-0.1, -0.05) is 51.1 Å². The van der Waals surface area contributed by atoms with Gasteiger partial charge in [-0.15, -0.1) is 13.2 Å². The number of nitrogens with zero attached hydrogens (tertiary/aromatic N) is 2. The standard InChI is InChI=1S/C33H46N2O6/c1-9-11-16-40-31(39)26-25-29(37)35(24(19-36)17-20(3)4)28(33(25)18-23(7)32(26,8)41-33)30(38)34(15-10-2)27-21(5)13-12-14-22(27)6/h9-10,12-14,20,23-26,28,36H,1-2,11,15-19H2,3-8H3/t23?,24-,25+,26+,28?,32-,33?/m1/s1. The Labute approximate surface area is 244 Å². The van der Waals surface area contributed by atoms with E-state index in [-0.39, 0.29) is 43.4 Å². The van der Waals surface area contributed by atoms with Crippen LogP contribution in [0.3, 0.4) is 0 Å². The number of aliphatic hydroxyl groups excluding tert-OH is 1. The van der Waals surface area contributed by atoms with Gasteiger partial charge in [0.15, 0.2) is 0 Å². The van der Waals surface area contributed by atoms with Crippen LogP contribution < -0.4 is 4.90 Å². The van der Waals surface area contributed by atoms with Crippen LogP contribution in [0.15, 0.2) is 43.5 Å². The predicted octanol–water partition coefficient (Wildman–Crippen LogP) is 4.36. The molecular formula is C33H46N2O6. The Morgan fingerprint density at radius 2 is 1.90 bits per heavy atom. The quantitative estimate of drug-likeness (QED) is 0.230. The van der Waals surface area contributed by atoms with Gasteiger partial charge in [0.1, 0.15) is 17.6 Å². The number of hydrogen-bond acceptors (Lipinski definition) is 6. The number of carbonyl (C=O) groups excluding carboxylic acids is 3. The minimum Gasteiger partial charge on any atom is -0.465 e. The molecule has 4 rings (SSSR count). The molecule has 0 aromatic heterocycles. The van der Waals surface area contributed by atoms with Crippen molar-refractivity contribution >= 4 is 23.5 Å².